The Morgan fingerprint density at radius 3 is 2.24 bits per heavy atom. The molecule has 0 heterocycles. The Morgan fingerprint density at radius 2 is 1.81 bits per heavy atom. The van der Waals surface area contributed by atoms with E-state index in [9.17, 15) is 14.4 Å². The summed E-state index contributed by atoms with van der Waals surface area (Å²) >= 11 is 0. The van der Waals surface area contributed by atoms with Gasteiger partial charge in [0.1, 0.15) is 6.04 Å². The molecule has 0 spiro atoms. The fourth-order valence-electron chi connectivity index (χ4n) is 2.08. The molecule has 0 rings (SSSR count). The van der Waals surface area contributed by atoms with Crippen molar-refractivity contribution in [3.05, 3.63) is 0 Å². The van der Waals surface area contributed by atoms with Crippen LogP contribution in [0.1, 0.15) is 46.5 Å². The zero-order valence-corrected chi connectivity index (χ0v) is 13.0. The first-order valence-corrected chi connectivity index (χ1v) is 7.33. The second-order valence-corrected chi connectivity index (χ2v) is 5.52. The van der Waals surface area contributed by atoms with E-state index in [-0.39, 0.29) is 24.2 Å². The summed E-state index contributed by atoms with van der Waals surface area (Å²) in [5, 5.41) is 13.9. The highest BCUT2D eigenvalue weighted by Gasteiger charge is 2.23. The first-order chi connectivity index (χ1) is 9.77. The highest BCUT2D eigenvalue weighted by atomic mass is 16.4. The fraction of sp³-hybridized carbons (Fsp3) is 0.786. The third kappa shape index (κ3) is 8.88. The topological polar surface area (TPSA) is 122 Å². The number of carbonyl (C=O) groups excluding carboxylic acids is 2. The Morgan fingerprint density at radius 1 is 1.19 bits per heavy atom. The van der Waals surface area contributed by atoms with Gasteiger partial charge in [0.25, 0.3) is 0 Å². The number of aliphatic carboxylic acids is 1. The number of nitrogens with one attached hydrogen (secondary N) is 2. The van der Waals surface area contributed by atoms with Gasteiger partial charge in [0.2, 0.25) is 5.91 Å². The summed E-state index contributed by atoms with van der Waals surface area (Å²) in [7, 11) is 0. The molecule has 5 N–H and O–H groups in total. The van der Waals surface area contributed by atoms with E-state index in [1.54, 1.807) is 0 Å². The maximum atomic E-state index is 12.0. The molecule has 7 heteroatoms. The molecule has 0 radical (unpaired) electrons. The maximum Gasteiger partial charge on any atom is 0.312 e. The number of rotatable bonds is 10. The molecular weight excluding hydrogens is 274 g/mol. The van der Waals surface area contributed by atoms with Crippen LogP contribution in [0.4, 0.5) is 4.79 Å². The maximum absolute atomic E-state index is 12.0. The first kappa shape index (κ1) is 19.2. The largest absolute Gasteiger partial charge is 0.481 e. The Kier molecular flexibility index (Phi) is 9.16. The summed E-state index contributed by atoms with van der Waals surface area (Å²) in [5.41, 5.74) is 5.05. The molecule has 0 aromatic heterocycles. The van der Waals surface area contributed by atoms with Crippen molar-refractivity contribution in [1.29, 1.82) is 0 Å². The summed E-state index contributed by atoms with van der Waals surface area (Å²) in [6.07, 6.45) is 2.34. The highest BCUT2D eigenvalue weighted by Crippen LogP contribution is 2.14. The molecule has 0 saturated carbocycles. The normalized spacial score (nSPS) is 13.5. The van der Waals surface area contributed by atoms with Crippen LogP contribution in [0.25, 0.3) is 0 Å². The number of hydrogen-bond acceptors (Lipinski definition) is 3. The number of primary amides is 1. The van der Waals surface area contributed by atoms with Crippen LogP contribution in [0, 0.1) is 11.8 Å². The van der Waals surface area contributed by atoms with Crippen molar-refractivity contribution in [3.63, 3.8) is 0 Å². The summed E-state index contributed by atoms with van der Waals surface area (Å²) in [6, 6.07) is -1.38. The Bertz CT molecular complexity index is 358. The van der Waals surface area contributed by atoms with E-state index < -0.39 is 18.0 Å². The van der Waals surface area contributed by atoms with Crippen molar-refractivity contribution < 1.29 is 19.5 Å². The average molecular weight is 301 g/mol. The first-order valence-electron chi connectivity index (χ1n) is 7.33. The molecular formula is C14H27N3O4. The highest BCUT2D eigenvalue weighted by molar-refractivity contribution is 5.86. The van der Waals surface area contributed by atoms with Gasteiger partial charge in [0, 0.05) is 13.0 Å². The summed E-state index contributed by atoms with van der Waals surface area (Å²) in [4.78, 5) is 33.4. The minimum atomic E-state index is -0.803. The zero-order valence-electron chi connectivity index (χ0n) is 13.0. The van der Waals surface area contributed by atoms with Gasteiger partial charge in [-0.15, -0.1) is 0 Å². The van der Waals surface area contributed by atoms with Gasteiger partial charge in [-0.05, 0) is 24.7 Å². The lowest BCUT2D eigenvalue weighted by molar-refractivity contribution is -0.137. The summed E-state index contributed by atoms with van der Waals surface area (Å²) in [6.45, 7) is 6.10. The predicted octanol–water partition coefficient (Wildman–Crippen LogP) is 1.08. The minimum Gasteiger partial charge on any atom is -0.481 e. The minimum absolute atomic E-state index is 0.0634. The molecule has 0 aromatic carbocycles. The number of carboxylic acids is 1. The second kappa shape index (κ2) is 10.0. The average Bonchev–Trinajstić information content (AvgIpc) is 2.38. The molecule has 122 valence electrons. The zero-order chi connectivity index (χ0) is 16.4. The molecule has 0 aliphatic carbocycles. The molecule has 0 fully saturated rings. The van der Waals surface area contributed by atoms with Crippen LogP contribution in [0.2, 0.25) is 0 Å². The van der Waals surface area contributed by atoms with Gasteiger partial charge in [0.05, 0.1) is 0 Å². The van der Waals surface area contributed by atoms with Gasteiger partial charge in [-0.1, -0.05) is 27.2 Å². The molecule has 2 unspecified atom stereocenters. The van der Waals surface area contributed by atoms with Crippen LogP contribution in [0.5, 0.6) is 0 Å². The molecule has 7 nitrogen and oxygen atoms in total. The monoisotopic (exact) mass is 301 g/mol. The third-order valence-electron chi connectivity index (χ3n) is 3.44. The molecule has 0 aliphatic rings. The lowest BCUT2D eigenvalue weighted by atomic mass is 9.96. The van der Waals surface area contributed by atoms with Crippen LogP contribution < -0.4 is 16.4 Å². The van der Waals surface area contributed by atoms with E-state index in [0.717, 1.165) is 12.8 Å². The van der Waals surface area contributed by atoms with Gasteiger partial charge < -0.3 is 21.5 Å². The summed E-state index contributed by atoms with van der Waals surface area (Å²) in [5.74, 6) is -0.866. The smallest absolute Gasteiger partial charge is 0.312 e. The molecule has 3 amide bonds. The quantitative estimate of drug-likeness (QED) is 0.482. The Balaban J connectivity index is 4.19. The van der Waals surface area contributed by atoms with Crippen LogP contribution in [0.15, 0.2) is 0 Å². The number of carbonyl (C=O) groups is 3. The Labute approximate surface area is 125 Å². The van der Waals surface area contributed by atoms with Crippen molar-refractivity contribution in [3.8, 4) is 0 Å². The van der Waals surface area contributed by atoms with Gasteiger partial charge in [-0.2, -0.15) is 0 Å². The van der Waals surface area contributed by atoms with E-state index >= 15 is 0 Å². The fourth-order valence-corrected chi connectivity index (χ4v) is 2.08. The van der Waals surface area contributed by atoms with E-state index in [1.807, 2.05) is 20.8 Å². The number of carboxylic acid groups (broad SMARTS) is 1. The van der Waals surface area contributed by atoms with Crippen LogP contribution in [-0.4, -0.2) is 35.6 Å². The van der Waals surface area contributed by atoms with E-state index in [0.29, 0.717) is 13.0 Å². The van der Waals surface area contributed by atoms with Crippen molar-refractivity contribution in [2.24, 2.45) is 17.6 Å². The standard InChI is InChI=1S/C14H27N3O4/c1-4-10(5-6-11(18)19)7-8-16-13(20)12(9(2)3)17-14(15)21/h9-10,12H,4-8H2,1-3H3,(H,16,20)(H,18,19)(H3,15,17,21). The van der Waals surface area contributed by atoms with Gasteiger partial charge in [-0.3, -0.25) is 9.59 Å². The number of nitrogens with two attached hydrogens (primary N) is 1. The molecule has 0 bridgehead atoms. The van der Waals surface area contributed by atoms with E-state index in [4.69, 9.17) is 10.8 Å². The van der Waals surface area contributed by atoms with Gasteiger partial charge in [-0.25, -0.2) is 4.79 Å². The van der Waals surface area contributed by atoms with Crippen molar-refractivity contribution in [2.75, 3.05) is 6.54 Å². The number of amides is 3. The predicted molar refractivity (Wildman–Crippen MR) is 79.6 cm³/mol. The number of urea groups is 1. The molecule has 0 saturated heterocycles. The van der Waals surface area contributed by atoms with Gasteiger partial charge >= 0.3 is 12.0 Å². The molecule has 0 aromatic rings. The van der Waals surface area contributed by atoms with E-state index in [1.165, 1.54) is 0 Å². The van der Waals surface area contributed by atoms with Crippen LogP contribution in [0.3, 0.4) is 0 Å². The van der Waals surface area contributed by atoms with Crippen molar-refractivity contribution in [1.82, 2.24) is 10.6 Å². The van der Waals surface area contributed by atoms with Crippen LogP contribution in [-0.2, 0) is 9.59 Å². The van der Waals surface area contributed by atoms with Crippen molar-refractivity contribution >= 4 is 17.9 Å². The molecule has 0 aliphatic heterocycles. The molecule has 21 heavy (non-hydrogen) atoms. The Hall–Kier alpha value is -1.79. The summed E-state index contributed by atoms with van der Waals surface area (Å²) < 4.78 is 0. The van der Waals surface area contributed by atoms with Crippen molar-refractivity contribution in [2.45, 2.75) is 52.5 Å². The van der Waals surface area contributed by atoms with Gasteiger partial charge in [0.15, 0.2) is 0 Å². The van der Waals surface area contributed by atoms with Crippen LogP contribution >= 0.6 is 0 Å². The molecule has 2 atom stereocenters. The third-order valence-corrected chi connectivity index (χ3v) is 3.44. The second-order valence-electron chi connectivity index (χ2n) is 5.52. The number of hydrogen-bond donors (Lipinski definition) is 4. The van der Waals surface area contributed by atoms with E-state index in [2.05, 4.69) is 10.6 Å². The lowest BCUT2D eigenvalue weighted by Gasteiger charge is -2.21. The SMILES string of the molecule is CCC(CCNC(=O)C(NC(N)=O)C(C)C)CCC(=O)O. The lowest BCUT2D eigenvalue weighted by Crippen LogP contribution is -2.51.